The van der Waals surface area contributed by atoms with Gasteiger partial charge in [0.25, 0.3) is 5.91 Å². The molecule has 3 N–H and O–H groups in total. The van der Waals surface area contributed by atoms with E-state index in [-0.39, 0.29) is 11.7 Å². The summed E-state index contributed by atoms with van der Waals surface area (Å²) >= 11 is 0. The highest BCUT2D eigenvalue weighted by atomic mass is 16.5. The van der Waals surface area contributed by atoms with Crippen LogP contribution in [0.15, 0.2) is 30.5 Å². The van der Waals surface area contributed by atoms with Crippen molar-refractivity contribution >= 4 is 28.6 Å². The third-order valence-electron chi connectivity index (χ3n) is 6.22. The molecule has 8 nitrogen and oxygen atoms in total. The number of phenolic OH excluding ortho intramolecular Hbond substituents is 1. The molecule has 0 radical (unpaired) electrons. The van der Waals surface area contributed by atoms with Gasteiger partial charge in [0.1, 0.15) is 11.4 Å². The van der Waals surface area contributed by atoms with Gasteiger partial charge in [-0.3, -0.25) is 4.79 Å². The Morgan fingerprint density at radius 3 is 2.73 bits per heavy atom. The van der Waals surface area contributed by atoms with Crippen molar-refractivity contribution in [1.29, 1.82) is 0 Å². The first-order valence-corrected chi connectivity index (χ1v) is 10.4. The number of nitrogens with zero attached hydrogens (tertiary/aromatic N) is 3. The summed E-state index contributed by atoms with van der Waals surface area (Å²) in [4.78, 5) is 26.6. The van der Waals surface area contributed by atoms with E-state index >= 15 is 0 Å². The summed E-state index contributed by atoms with van der Waals surface area (Å²) in [6.07, 6.45) is 6.56. The molecule has 2 fully saturated rings. The molecule has 156 valence electrons. The minimum atomic E-state index is -0.0324. The molecule has 5 rings (SSSR count). The molecule has 3 aromatic rings. The number of likely N-dealkylation sites (tertiary alicyclic amines) is 1. The average molecular weight is 407 g/mol. The van der Waals surface area contributed by atoms with Crippen molar-refractivity contribution in [3.63, 3.8) is 0 Å². The molecule has 2 aromatic heterocycles. The Balaban J connectivity index is 1.33. The zero-order valence-electron chi connectivity index (χ0n) is 16.9. The quantitative estimate of drug-likeness (QED) is 0.556. The van der Waals surface area contributed by atoms with Crippen molar-refractivity contribution in [2.75, 3.05) is 25.0 Å². The van der Waals surface area contributed by atoms with E-state index in [0.29, 0.717) is 40.7 Å². The maximum atomic E-state index is 12.8. The second-order valence-corrected chi connectivity index (χ2v) is 8.17. The number of hydrogen-bond donors (Lipinski definition) is 3. The molecule has 0 unspecified atom stereocenters. The van der Waals surface area contributed by atoms with Crippen molar-refractivity contribution < 1.29 is 14.6 Å². The van der Waals surface area contributed by atoms with Crippen molar-refractivity contribution in [2.45, 2.75) is 32.6 Å². The number of benzene rings is 1. The van der Waals surface area contributed by atoms with E-state index in [0.717, 1.165) is 31.3 Å². The highest BCUT2D eigenvalue weighted by Crippen LogP contribution is 2.53. The Kier molecular flexibility index (Phi) is 4.49. The lowest BCUT2D eigenvalue weighted by atomic mass is 9.93. The van der Waals surface area contributed by atoms with Gasteiger partial charge in [0.2, 0.25) is 11.8 Å². The van der Waals surface area contributed by atoms with Gasteiger partial charge in [-0.25, -0.2) is 0 Å². The number of piperidine rings is 1. The fourth-order valence-corrected chi connectivity index (χ4v) is 4.15. The lowest BCUT2D eigenvalue weighted by Gasteiger charge is -2.32. The van der Waals surface area contributed by atoms with Crippen LogP contribution < -0.4 is 10.1 Å². The maximum absolute atomic E-state index is 12.8. The number of aromatic amines is 1. The first-order chi connectivity index (χ1) is 14.6. The van der Waals surface area contributed by atoms with Crippen LogP contribution in [0, 0.1) is 5.41 Å². The van der Waals surface area contributed by atoms with Crippen LogP contribution in [0.4, 0.5) is 11.6 Å². The van der Waals surface area contributed by atoms with Crippen molar-refractivity contribution in [3.05, 3.63) is 36.0 Å². The summed E-state index contributed by atoms with van der Waals surface area (Å²) in [6, 6.07) is 6.76. The number of aromatic hydroxyl groups is 1. The van der Waals surface area contributed by atoms with Gasteiger partial charge in [0.05, 0.1) is 17.7 Å². The lowest BCUT2D eigenvalue weighted by molar-refractivity contribution is 0.0678. The monoisotopic (exact) mass is 407 g/mol. The van der Waals surface area contributed by atoms with E-state index in [4.69, 9.17) is 4.74 Å². The number of carbonyl (C=O) groups is 1. The number of fused-ring (bicyclic) bond motifs is 1. The molecule has 1 aromatic carbocycles. The Labute approximate surface area is 174 Å². The van der Waals surface area contributed by atoms with Crippen molar-refractivity contribution in [1.82, 2.24) is 19.9 Å². The first kappa shape index (κ1) is 18.7. The topological polar surface area (TPSA) is 103 Å². The Hall–Kier alpha value is -3.29. The van der Waals surface area contributed by atoms with Crippen LogP contribution in [-0.4, -0.2) is 50.6 Å². The molecule has 3 heterocycles. The molecule has 1 aliphatic carbocycles. The molecule has 2 aliphatic rings. The molecule has 1 saturated heterocycles. The zero-order valence-corrected chi connectivity index (χ0v) is 16.9. The predicted molar refractivity (Wildman–Crippen MR) is 113 cm³/mol. The predicted octanol–water partition coefficient (Wildman–Crippen LogP) is 3.82. The molecular formula is C22H25N5O3. The number of amides is 1. The minimum absolute atomic E-state index is 0.0235. The highest BCUT2D eigenvalue weighted by Gasteiger charge is 2.45. The van der Waals surface area contributed by atoms with Gasteiger partial charge in [-0.05, 0) is 62.3 Å². The molecule has 1 saturated carbocycles. The van der Waals surface area contributed by atoms with Crippen LogP contribution in [0.3, 0.4) is 0 Å². The van der Waals surface area contributed by atoms with Crippen LogP contribution in [-0.2, 0) is 0 Å². The summed E-state index contributed by atoms with van der Waals surface area (Å²) < 4.78 is 5.60. The molecule has 1 amide bonds. The Bertz CT molecular complexity index is 1100. The number of H-pyrrole nitrogens is 1. The van der Waals surface area contributed by atoms with Gasteiger partial charge in [0, 0.05) is 24.8 Å². The number of carbonyl (C=O) groups excluding carboxylic acids is 1. The van der Waals surface area contributed by atoms with E-state index in [1.807, 2.05) is 17.9 Å². The van der Waals surface area contributed by atoms with Crippen LogP contribution in [0.2, 0.25) is 0 Å². The summed E-state index contributed by atoms with van der Waals surface area (Å²) in [5.74, 6) is 0.712. The van der Waals surface area contributed by atoms with Gasteiger partial charge in [-0.15, -0.1) is 0 Å². The fraction of sp³-hybridized carbons (Fsp3) is 0.409. The standard InChI is InChI=1S/C22H25N5O3/c1-2-30-19-15-5-10-23-18(15)25-21(26-19)24-16-4-3-14(13-17(16)28)20(29)27-11-8-22(6-7-22)9-12-27/h3-5,10,13,28H,2,6-9,11-12H2,1H3,(H2,23,24,25,26). The number of rotatable bonds is 5. The smallest absolute Gasteiger partial charge is 0.253 e. The number of nitrogens with one attached hydrogen (secondary N) is 2. The maximum Gasteiger partial charge on any atom is 0.253 e. The Morgan fingerprint density at radius 1 is 1.23 bits per heavy atom. The summed E-state index contributed by atoms with van der Waals surface area (Å²) in [5, 5.41) is 14.3. The SMILES string of the molecule is CCOc1nc(Nc2ccc(C(=O)N3CCC4(CC3)CC4)cc2O)nc2[nH]ccc12. The van der Waals surface area contributed by atoms with E-state index in [2.05, 4.69) is 20.3 Å². The van der Waals surface area contributed by atoms with Gasteiger partial charge < -0.3 is 25.0 Å². The molecule has 30 heavy (non-hydrogen) atoms. The van der Waals surface area contributed by atoms with E-state index in [9.17, 15) is 9.90 Å². The van der Waals surface area contributed by atoms with Crippen molar-refractivity contribution in [2.24, 2.45) is 5.41 Å². The van der Waals surface area contributed by atoms with Gasteiger partial charge >= 0.3 is 0 Å². The molecule has 1 spiro atoms. The molecule has 0 bridgehead atoms. The first-order valence-electron chi connectivity index (χ1n) is 10.4. The van der Waals surface area contributed by atoms with Gasteiger partial charge in [-0.1, -0.05) is 0 Å². The summed E-state index contributed by atoms with van der Waals surface area (Å²) in [5.41, 5.74) is 2.07. The summed E-state index contributed by atoms with van der Waals surface area (Å²) in [7, 11) is 0. The van der Waals surface area contributed by atoms with Gasteiger partial charge in [0.15, 0.2) is 0 Å². The van der Waals surface area contributed by atoms with Gasteiger partial charge in [-0.2, -0.15) is 9.97 Å². The zero-order chi connectivity index (χ0) is 20.7. The van der Waals surface area contributed by atoms with Crippen LogP contribution in [0.5, 0.6) is 11.6 Å². The van der Waals surface area contributed by atoms with E-state index in [1.54, 1.807) is 18.3 Å². The second-order valence-electron chi connectivity index (χ2n) is 8.17. The largest absolute Gasteiger partial charge is 0.506 e. The van der Waals surface area contributed by atoms with E-state index < -0.39 is 0 Å². The van der Waals surface area contributed by atoms with E-state index in [1.165, 1.54) is 18.9 Å². The van der Waals surface area contributed by atoms with Crippen LogP contribution in [0.1, 0.15) is 43.0 Å². The number of anilines is 2. The molecule has 0 atom stereocenters. The number of aromatic nitrogens is 3. The third-order valence-corrected chi connectivity index (χ3v) is 6.22. The summed E-state index contributed by atoms with van der Waals surface area (Å²) in [6.45, 7) is 3.96. The number of hydrogen-bond acceptors (Lipinski definition) is 6. The second kappa shape index (κ2) is 7.19. The molecular weight excluding hydrogens is 382 g/mol. The van der Waals surface area contributed by atoms with Crippen molar-refractivity contribution in [3.8, 4) is 11.6 Å². The number of ether oxygens (including phenoxy) is 1. The Morgan fingerprint density at radius 2 is 2.03 bits per heavy atom. The third kappa shape index (κ3) is 3.42. The highest BCUT2D eigenvalue weighted by molar-refractivity contribution is 5.95. The van der Waals surface area contributed by atoms with Crippen LogP contribution >= 0.6 is 0 Å². The molecule has 8 heteroatoms. The molecule has 1 aliphatic heterocycles. The minimum Gasteiger partial charge on any atom is -0.506 e. The number of phenols is 1. The lowest BCUT2D eigenvalue weighted by Crippen LogP contribution is -2.39. The van der Waals surface area contributed by atoms with Crippen LogP contribution in [0.25, 0.3) is 11.0 Å². The normalized spacial score (nSPS) is 17.3. The fourth-order valence-electron chi connectivity index (χ4n) is 4.15. The average Bonchev–Trinajstić information content (AvgIpc) is 3.32.